The molecule has 2 rings (SSSR count). The molecule has 0 bridgehead atoms. The van der Waals surface area contributed by atoms with Crippen LogP contribution in [0.25, 0.3) is 0 Å². The molecule has 0 saturated heterocycles. The van der Waals surface area contributed by atoms with Crippen LogP contribution in [0, 0.1) is 0 Å². The smallest absolute Gasteiger partial charge is 0.165 e. The summed E-state index contributed by atoms with van der Waals surface area (Å²) < 4.78 is 26.1. The molecule has 1 aromatic rings. The Morgan fingerprint density at radius 1 is 1.21 bits per heavy atom. The van der Waals surface area contributed by atoms with E-state index >= 15 is 0 Å². The molecular weight excluding hydrogens is 324 g/mol. The molecule has 1 saturated carbocycles. The number of hydrogen-bond acceptors (Lipinski definition) is 4. The van der Waals surface area contributed by atoms with Gasteiger partial charge in [0.05, 0.1) is 17.4 Å². The number of sulfone groups is 1. The Bertz CT molecular complexity index is 718. The van der Waals surface area contributed by atoms with Crippen LogP contribution in [0.4, 0.5) is 0 Å². The highest BCUT2D eigenvalue weighted by Crippen LogP contribution is 2.33. The molecule has 24 heavy (non-hydrogen) atoms. The molecule has 0 aromatic carbocycles. The van der Waals surface area contributed by atoms with Gasteiger partial charge >= 0.3 is 0 Å². The molecule has 0 atom stereocenters. The Morgan fingerprint density at radius 2 is 1.75 bits per heavy atom. The maximum absolute atomic E-state index is 12.9. The largest absolute Gasteiger partial charge is 0.298 e. The number of aryl methyl sites for hydroxylation is 1. The number of carbonyl (C=O) groups is 1. The Balaban J connectivity index is 2.24. The van der Waals surface area contributed by atoms with Gasteiger partial charge in [0.2, 0.25) is 0 Å². The quantitative estimate of drug-likeness (QED) is 0.815. The van der Waals surface area contributed by atoms with Crippen molar-refractivity contribution in [3.63, 3.8) is 0 Å². The van der Waals surface area contributed by atoms with Crippen molar-refractivity contribution in [2.24, 2.45) is 7.05 Å². The van der Waals surface area contributed by atoms with Crippen LogP contribution in [-0.4, -0.2) is 34.0 Å². The summed E-state index contributed by atoms with van der Waals surface area (Å²) in [5, 5.41) is 4.10. The number of nitrogens with zero attached hydrogens (tertiary/aromatic N) is 2. The lowest BCUT2D eigenvalue weighted by Crippen LogP contribution is -2.46. The molecule has 0 amide bonds. The summed E-state index contributed by atoms with van der Waals surface area (Å²) in [7, 11) is -1.67. The highest BCUT2D eigenvalue weighted by atomic mass is 32.2. The number of Topliss-reactive ketones (excluding diaryl/α,β-unsaturated/α-hetero) is 1. The minimum Gasteiger partial charge on any atom is -0.298 e. The van der Waals surface area contributed by atoms with Crippen LogP contribution >= 0.6 is 0 Å². The molecule has 136 valence electrons. The lowest BCUT2D eigenvalue weighted by molar-refractivity contribution is -0.120. The second-order valence-corrected chi connectivity index (χ2v) is 11.2. The van der Waals surface area contributed by atoms with Crippen molar-refractivity contribution < 1.29 is 13.2 Å². The van der Waals surface area contributed by atoms with Gasteiger partial charge in [-0.15, -0.1) is 0 Å². The zero-order valence-electron chi connectivity index (χ0n) is 15.7. The molecule has 6 heteroatoms. The van der Waals surface area contributed by atoms with E-state index in [4.69, 9.17) is 0 Å². The average molecular weight is 355 g/mol. The van der Waals surface area contributed by atoms with Crippen molar-refractivity contribution >= 4 is 15.6 Å². The Hall–Kier alpha value is -1.17. The minimum absolute atomic E-state index is 0.0958. The van der Waals surface area contributed by atoms with Gasteiger partial charge in [0.1, 0.15) is 4.75 Å². The SMILES string of the molecule is Cn1nc(C(C)(C)C)cc1CC(=O)C(C)(C)S(=O)(=O)C1CCCC1. The van der Waals surface area contributed by atoms with Crippen LogP contribution in [0.5, 0.6) is 0 Å². The molecule has 1 aliphatic carbocycles. The molecule has 1 fully saturated rings. The van der Waals surface area contributed by atoms with E-state index in [9.17, 15) is 13.2 Å². The van der Waals surface area contributed by atoms with Gasteiger partial charge < -0.3 is 0 Å². The van der Waals surface area contributed by atoms with Crippen LogP contribution in [0.1, 0.15) is 71.7 Å². The van der Waals surface area contributed by atoms with E-state index in [-0.39, 0.29) is 22.9 Å². The van der Waals surface area contributed by atoms with Crippen LogP contribution < -0.4 is 0 Å². The highest BCUT2D eigenvalue weighted by Gasteiger charge is 2.46. The van der Waals surface area contributed by atoms with Gasteiger partial charge in [-0.3, -0.25) is 9.48 Å². The molecule has 0 spiro atoms. The molecule has 0 N–H and O–H groups in total. The van der Waals surface area contributed by atoms with E-state index in [2.05, 4.69) is 25.9 Å². The normalized spacial score (nSPS) is 17.4. The maximum atomic E-state index is 12.9. The molecular formula is C18H30N2O3S. The third kappa shape index (κ3) is 3.44. The van der Waals surface area contributed by atoms with E-state index in [1.54, 1.807) is 25.6 Å². The first-order valence-corrected chi connectivity index (χ1v) is 10.2. The standard InChI is InChI=1S/C18H30N2O3S/c1-17(2,3)15-11-13(20(6)19-15)12-16(21)18(4,5)24(22,23)14-9-7-8-10-14/h11,14H,7-10,12H2,1-6H3. The second-order valence-electron chi connectivity index (χ2n) is 8.46. The third-order valence-corrected chi connectivity index (χ3v) is 8.21. The fourth-order valence-corrected chi connectivity index (χ4v) is 5.37. The fourth-order valence-electron chi connectivity index (χ4n) is 3.19. The van der Waals surface area contributed by atoms with Gasteiger partial charge in [-0.1, -0.05) is 33.6 Å². The van der Waals surface area contributed by atoms with Crippen molar-refractivity contribution in [3.8, 4) is 0 Å². The zero-order chi connectivity index (χ0) is 18.3. The van der Waals surface area contributed by atoms with Crippen molar-refractivity contribution in [1.29, 1.82) is 0 Å². The van der Waals surface area contributed by atoms with E-state index in [1.165, 1.54) is 0 Å². The van der Waals surface area contributed by atoms with Crippen molar-refractivity contribution in [1.82, 2.24) is 9.78 Å². The number of rotatable bonds is 5. The van der Waals surface area contributed by atoms with Crippen LogP contribution in [0.2, 0.25) is 0 Å². The van der Waals surface area contributed by atoms with E-state index in [0.717, 1.165) is 24.2 Å². The lowest BCUT2D eigenvalue weighted by Gasteiger charge is -2.27. The molecule has 5 nitrogen and oxygen atoms in total. The summed E-state index contributed by atoms with van der Waals surface area (Å²) in [6.45, 7) is 9.31. The van der Waals surface area contributed by atoms with Crippen molar-refractivity contribution in [3.05, 3.63) is 17.5 Å². The summed E-state index contributed by atoms with van der Waals surface area (Å²) >= 11 is 0. The highest BCUT2D eigenvalue weighted by molar-refractivity contribution is 7.94. The summed E-state index contributed by atoms with van der Waals surface area (Å²) in [6.07, 6.45) is 3.33. The summed E-state index contributed by atoms with van der Waals surface area (Å²) in [4.78, 5) is 12.8. The van der Waals surface area contributed by atoms with Gasteiger partial charge in [0.15, 0.2) is 15.6 Å². The first-order chi connectivity index (χ1) is 10.9. The average Bonchev–Trinajstić information content (AvgIpc) is 3.08. The molecule has 0 unspecified atom stereocenters. The molecule has 0 radical (unpaired) electrons. The first kappa shape index (κ1) is 19.2. The van der Waals surface area contributed by atoms with Gasteiger partial charge in [-0.25, -0.2) is 8.42 Å². The third-order valence-electron chi connectivity index (χ3n) is 5.21. The van der Waals surface area contributed by atoms with E-state index < -0.39 is 14.6 Å². The molecule has 1 aliphatic rings. The monoisotopic (exact) mass is 354 g/mol. The lowest BCUT2D eigenvalue weighted by atomic mass is 9.92. The summed E-state index contributed by atoms with van der Waals surface area (Å²) in [5.74, 6) is -0.252. The molecule has 1 aromatic heterocycles. The molecule has 0 aliphatic heterocycles. The van der Waals surface area contributed by atoms with Gasteiger partial charge in [-0.05, 0) is 32.8 Å². The van der Waals surface area contributed by atoms with Gasteiger partial charge in [0.25, 0.3) is 0 Å². The number of hydrogen-bond donors (Lipinski definition) is 0. The Labute approximate surface area is 145 Å². The van der Waals surface area contributed by atoms with Crippen molar-refractivity contribution in [2.75, 3.05) is 0 Å². The molecule has 1 heterocycles. The Kier molecular flexibility index (Phi) is 5.01. The van der Waals surface area contributed by atoms with Crippen LogP contribution in [0.15, 0.2) is 6.07 Å². The zero-order valence-corrected chi connectivity index (χ0v) is 16.5. The van der Waals surface area contributed by atoms with E-state index in [0.29, 0.717) is 12.8 Å². The predicted molar refractivity (Wildman–Crippen MR) is 95.9 cm³/mol. The number of ketones is 1. The maximum Gasteiger partial charge on any atom is 0.165 e. The summed E-state index contributed by atoms with van der Waals surface area (Å²) in [5.41, 5.74) is 1.56. The van der Waals surface area contributed by atoms with Crippen molar-refractivity contribution in [2.45, 2.75) is 82.1 Å². The van der Waals surface area contributed by atoms with Crippen LogP contribution in [0.3, 0.4) is 0 Å². The Morgan fingerprint density at radius 3 is 2.21 bits per heavy atom. The second kappa shape index (κ2) is 6.28. The van der Waals surface area contributed by atoms with Crippen LogP contribution in [-0.2, 0) is 33.5 Å². The number of carbonyl (C=O) groups excluding carboxylic acids is 1. The van der Waals surface area contributed by atoms with E-state index in [1.807, 2.05) is 6.07 Å². The van der Waals surface area contributed by atoms with Gasteiger partial charge in [-0.2, -0.15) is 5.10 Å². The fraction of sp³-hybridized carbons (Fsp3) is 0.778. The number of aromatic nitrogens is 2. The first-order valence-electron chi connectivity index (χ1n) is 8.67. The minimum atomic E-state index is -3.47. The topological polar surface area (TPSA) is 69.0 Å². The predicted octanol–water partition coefficient (Wildman–Crippen LogP) is 2.97. The summed E-state index contributed by atoms with van der Waals surface area (Å²) in [6, 6.07) is 1.91. The van der Waals surface area contributed by atoms with Gasteiger partial charge in [0, 0.05) is 18.2 Å².